The van der Waals surface area contributed by atoms with Crippen molar-refractivity contribution in [3.63, 3.8) is 0 Å². The molecule has 0 aliphatic carbocycles. The second-order valence-electron chi connectivity index (χ2n) is 7.12. The fourth-order valence-corrected chi connectivity index (χ4v) is 3.65. The van der Waals surface area contributed by atoms with Gasteiger partial charge in [0, 0.05) is 37.0 Å². The van der Waals surface area contributed by atoms with Gasteiger partial charge in [0.15, 0.2) is 5.65 Å². The lowest BCUT2D eigenvalue weighted by atomic mass is 10.1. The first-order valence-electron chi connectivity index (χ1n) is 9.57. The number of hydrogen-bond acceptors (Lipinski definition) is 7. The summed E-state index contributed by atoms with van der Waals surface area (Å²) < 4.78 is 9.20. The molecule has 4 aromatic heterocycles. The van der Waals surface area contributed by atoms with Crippen molar-refractivity contribution < 1.29 is 4.74 Å². The van der Waals surface area contributed by atoms with Crippen molar-refractivity contribution in [3.05, 3.63) is 43.0 Å². The molecule has 0 spiro atoms. The highest BCUT2D eigenvalue weighted by atomic mass is 16.5. The Balaban J connectivity index is 1.57. The number of aryl methyl sites for hydroxylation is 1. The largest absolute Gasteiger partial charge is 0.480 e. The molecule has 0 amide bonds. The van der Waals surface area contributed by atoms with Gasteiger partial charge in [-0.1, -0.05) is 6.07 Å². The molecule has 29 heavy (non-hydrogen) atoms. The van der Waals surface area contributed by atoms with Gasteiger partial charge in [-0.3, -0.25) is 9.25 Å². The maximum Gasteiger partial charge on any atom is 0.223 e. The molecule has 148 valence electrons. The molecule has 1 aliphatic heterocycles. The molecule has 1 saturated heterocycles. The van der Waals surface area contributed by atoms with Crippen molar-refractivity contribution >= 4 is 17.0 Å². The van der Waals surface area contributed by atoms with Crippen molar-refractivity contribution in [2.75, 3.05) is 25.5 Å². The van der Waals surface area contributed by atoms with E-state index >= 15 is 0 Å². The minimum absolute atomic E-state index is 0.403. The van der Waals surface area contributed by atoms with Crippen molar-refractivity contribution in [1.82, 2.24) is 34.6 Å². The van der Waals surface area contributed by atoms with Gasteiger partial charge in [0.1, 0.15) is 18.0 Å². The van der Waals surface area contributed by atoms with Crippen LogP contribution in [0.4, 0.5) is 5.82 Å². The SMILES string of the molecule is COc1nc2ncn(-c3cccc(NC4CCNC4)n3)c2cc1-c1cnn(C)c1. The topological polar surface area (TPSA) is 94.7 Å². The smallest absolute Gasteiger partial charge is 0.223 e. The first kappa shape index (κ1) is 17.6. The van der Waals surface area contributed by atoms with E-state index < -0.39 is 0 Å². The zero-order valence-corrected chi connectivity index (χ0v) is 16.3. The summed E-state index contributed by atoms with van der Waals surface area (Å²) >= 11 is 0. The normalized spacial score (nSPS) is 16.4. The first-order valence-corrected chi connectivity index (χ1v) is 9.57. The van der Waals surface area contributed by atoms with Crippen molar-refractivity contribution in [2.24, 2.45) is 7.05 Å². The minimum Gasteiger partial charge on any atom is -0.480 e. The number of imidazole rings is 1. The van der Waals surface area contributed by atoms with E-state index in [1.165, 1.54) is 0 Å². The Morgan fingerprint density at radius 1 is 1.28 bits per heavy atom. The van der Waals surface area contributed by atoms with Crippen LogP contribution in [0.5, 0.6) is 5.88 Å². The van der Waals surface area contributed by atoms with Crippen LogP contribution in [0.3, 0.4) is 0 Å². The maximum absolute atomic E-state index is 5.50. The van der Waals surface area contributed by atoms with E-state index in [1.54, 1.807) is 24.3 Å². The van der Waals surface area contributed by atoms with Crippen LogP contribution in [0, 0.1) is 0 Å². The van der Waals surface area contributed by atoms with Crippen LogP contribution in [0.25, 0.3) is 28.1 Å². The van der Waals surface area contributed by atoms with Gasteiger partial charge in [0.2, 0.25) is 5.88 Å². The molecular formula is C20H22N8O. The highest BCUT2D eigenvalue weighted by Crippen LogP contribution is 2.31. The summed E-state index contributed by atoms with van der Waals surface area (Å²) in [6, 6.07) is 8.38. The Morgan fingerprint density at radius 3 is 2.97 bits per heavy atom. The van der Waals surface area contributed by atoms with Gasteiger partial charge in [-0.25, -0.2) is 9.97 Å². The monoisotopic (exact) mass is 390 g/mol. The van der Waals surface area contributed by atoms with Crippen LogP contribution < -0.4 is 15.4 Å². The van der Waals surface area contributed by atoms with Crippen LogP contribution in [0.1, 0.15) is 6.42 Å². The molecule has 4 aromatic rings. The van der Waals surface area contributed by atoms with E-state index in [-0.39, 0.29) is 0 Å². The average Bonchev–Trinajstić information content (AvgIpc) is 3.48. The number of methoxy groups -OCH3 is 1. The average molecular weight is 390 g/mol. The molecule has 5 rings (SSSR count). The van der Waals surface area contributed by atoms with Gasteiger partial charge >= 0.3 is 0 Å². The van der Waals surface area contributed by atoms with Crippen molar-refractivity contribution in [3.8, 4) is 22.8 Å². The van der Waals surface area contributed by atoms with E-state index in [0.717, 1.165) is 47.8 Å². The fourth-order valence-electron chi connectivity index (χ4n) is 3.65. The van der Waals surface area contributed by atoms with Crippen LogP contribution in [0.2, 0.25) is 0 Å². The third kappa shape index (κ3) is 3.29. The molecule has 2 N–H and O–H groups in total. The van der Waals surface area contributed by atoms with Crippen LogP contribution in [-0.4, -0.2) is 55.5 Å². The highest BCUT2D eigenvalue weighted by molar-refractivity contribution is 5.82. The van der Waals surface area contributed by atoms with E-state index in [4.69, 9.17) is 9.72 Å². The summed E-state index contributed by atoms with van der Waals surface area (Å²) in [7, 11) is 3.49. The number of nitrogens with zero attached hydrogens (tertiary/aromatic N) is 6. The lowest BCUT2D eigenvalue weighted by Crippen LogP contribution is -2.22. The third-order valence-electron chi connectivity index (χ3n) is 5.11. The Morgan fingerprint density at radius 2 is 2.21 bits per heavy atom. The summed E-state index contributed by atoms with van der Waals surface area (Å²) in [6.45, 7) is 1.99. The van der Waals surface area contributed by atoms with Gasteiger partial charge in [0.05, 0.1) is 18.8 Å². The van der Waals surface area contributed by atoms with E-state index in [2.05, 4.69) is 25.7 Å². The summed E-state index contributed by atoms with van der Waals surface area (Å²) in [5.41, 5.74) is 3.26. The number of anilines is 1. The fraction of sp³-hybridized carbons (Fsp3) is 0.300. The lowest BCUT2D eigenvalue weighted by Gasteiger charge is -2.13. The van der Waals surface area contributed by atoms with E-state index in [1.807, 2.05) is 42.1 Å². The molecule has 1 unspecified atom stereocenters. The van der Waals surface area contributed by atoms with Gasteiger partial charge in [0.25, 0.3) is 0 Å². The maximum atomic E-state index is 5.50. The van der Waals surface area contributed by atoms with E-state index in [0.29, 0.717) is 17.6 Å². The Labute approximate surface area is 167 Å². The first-order chi connectivity index (χ1) is 14.2. The predicted octanol–water partition coefficient (Wildman–Crippen LogP) is 2.00. The Kier molecular flexibility index (Phi) is 4.36. The number of rotatable bonds is 5. The quantitative estimate of drug-likeness (QED) is 0.538. The summed E-state index contributed by atoms with van der Waals surface area (Å²) in [6.07, 6.45) is 6.57. The summed E-state index contributed by atoms with van der Waals surface area (Å²) in [5.74, 6) is 2.16. The molecule has 9 heteroatoms. The molecule has 9 nitrogen and oxygen atoms in total. The molecule has 0 saturated carbocycles. The van der Waals surface area contributed by atoms with Gasteiger partial charge in [-0.15, -0.1) is 0 Å². The minimum atomic E-state index is 0.403. The van der Waals surface area contributed by atoms with Crippen LogP contribution >= 0.6 is 0 Å². The van der Waals surface area contributed by atoms with Crippen molar-refractivity contribution in [2.45, 2.75) is 12.5 Å². The Bertz CT molecular complexity index is 1160. The number of hydrogen-bond donors (Lipinski definition) is 2. The Hall–Kier alpha value is -3.46. The molecule has 0 radical (unpaired) electrons. The summed E-state index contributed by atoms with van der Waals surface area (Å²) in [5, 5.41) is 11.1. The second-order valence-corrected chi connectivity index (χ2v) is 7.12. The standard InChI is InChI=1S/C20H22N8O/c1-27-11-13(9-23-27)15-8-16-19(26-20(15)29-2)22-12-28(16)18-5-3-4-17(25-18)24-14-6-7-21-10-14/h3-5,8-9,11-12,14,21H,6-7,10H2,1-2H3,(H,24,25). The zero-order valence-electron chi connectivity index (χ0n) is 16.3. The molecule has 5 heterocycles. The predicted molar refractivity (Wildman–Crippen MR) is 110 cm³/mol. The zero-order chi connectivity index (χ0) is 19.8. The number of pyridine rings is 2. The summed E-state index contributed by atoms with van der Waals surface area (Å²) in [4.78, 5) is 13.8. The number of nitrogens with one attached hydrogen (secondary N) is 2. The van der Waals surface area contributed by atoms with E-state index in [9.17, 15) is 0 Å². The molecule has 1 fully saturated rings. The van der Waals surface area contributed by atoms with Crippen LogP contribution in [-0.2, 0) is 7.05 Å². The molecule has 1 atom stereocenters. The molecular weight excluding hydrogens is 368 g/mol. The third-order valence-corrected chi connectivity index (χ3v) is 5.11. The highest BCUT2D eigenvalue weighted by Gasteiger charge is 2.17. The van der Waals surface area contributed by atoms with Crippen LogP contribution in [0.15, 0.2) is 43.0 Å². The second kappa shape index (κ2) is 7.17. The van der Waals surface area contributed by atoms with Gasteiger partial charge in [-0.2, -0.15) is 10.1 Å². The molecule has 0 aromatic carbocycles. The molecule has 1 aliphatic rings. The number of aromatic nitrogens is 6. The number of ether oxygens (including phenoxy) is 1. The van der Waals surface area contributed by atoms with Crippen molar-refractivity contribution in [1.29, 1.82) is 0 Å². The van der Waals surface area contributed by atoms with Gasteiger partial charge < -0.3 is 15.4 Å². The number of fused-ring (bicyclic) bond motifs is 1. The molecule has 0 bridgehead atoms. The lowest BCUT2D eigenvalue weighted by molar-refractivity contribution is 0.401. The van der Waals surface area contributed by atoms with Gasteiger partial charge in [-0.05, 0) is 31.2 Å².